The lowest BCUT2D eigenvalue weighted by molar-refractivity contribution is -0.154. The third kappa shape index (κ3) is 5.53. The molecule has 1 unspecified atom stereocenters. The smallest absolute Gasteiger partial charge is 0.311 e. The molecule has 0 rings (SSSR count). The molecule has 0 aromatic rings. The highest BCUT2D eigenvalue weighted by Gasteiger charge is 2.21. The molecule has 0 aliphatic rings. The zero-order chi connectivity index (χ0) is 11.0. The molecule has 0 aliphatic carbocycles. The number of aliphatic hydroxyl groups is 1. The first kappa shape index (κ1) is 12.9. The minimum atomic E-state index is -1.11. The van der Waals surface area contributed by atoms with Crippen LogP contribution in [0.15, 0.2) is 0 Å². The number of carbonyl (C=O) groups excluding carboxylic acids is 1. The molecular weight excluding hydrogens is 188 g/mol. The molecular formula is C9H16O5. The first-order chi connectivity index (χ1) is 6.61. The van der Waals surface area contributed by atoms with Gasteiger partial charge in [-0.1, -0.05) is 13.3 Å². The topological polar surface area (TPSA) is 83.8 Å². The van der Waals surface area contributed by atoms with Crippen molar-refractivity contribution in [3.8, 4) is 0 Å². The Kier molecular flexibility index (Phi) is 6.74. The number of rotatable bonds is 7. The fraction of sp³-hybridized carbons (Fsp3) is 0.778. The van der Waals surface area contributed by atoms with Crippen molar-refractivity contribution in [2.45, 2.75) is 26.2 Å². The van der Waals surface area contributed by atoms with Crippen LogP contribution in [0.1, 0.15) is 26.2 Å². The summed E-state index contributed by atoms with van der Waals surface area (Å²) in [6, 6.07) is 0. The maximum Gasteiger partial charge on any atom is 0.311 e. The zero-order valence-electron chi connectivity index (χ0n) is 8.23. The Hall–Kier alpha value is -1.10. The van der Waals surface area contributed by atoms with Crippen molar-refractivity contribution in [2.75, 3.05) is 13.2 Å². The van der Waals surface area contributed by atoms with Gasteiger partial charge in [0.25, 0.3) is 0 Å². The van der Waals surface area contributed by atoms with Crippen LogP contribution in [0.4, 0.5) is 0 Å². The van der Waals surface area contributed by atoms with Crippen molar-refractivity contribution in [1.82, 2.24) is 0 Å². The number of carbonyl (C=O) groups is 2. The standard InChI is InChI=1S/C9H16O5/c1-2-3-4-14-9(13)7(6-10)5-8(11)12/h7,10H,2-6H2,1H3,(H,11,12). The number of esters is 1. The quantitative estimate of drug-likeness (QED) is 0.463. The van der Waals surface area contributed by atoms with Crippen LogP contribution in [0.5, 0.6) is 0 Å². The molecule has 14 heavy (non-hydrogen) atoms. The average Bonchev–Trinajstić information content (AvgIpc) is 2.14. The van der Waals surface area contributed by atoms with Crippen LogP contribution >= 0.6 is 0 Å². The average molecular weight is 204 g/mol. The Balaban J connectivity index is 3.85. The summed E-state index contributed by atoms with van der Waals surface area (Å²) < 4.78 is 4.77. The van der Waals surface area contributed by atoms with Gasteiger partial charge in [0.2, 0.25) is 0 Å². The van der Waals surface area contributed by atoms with Gasteiger partial charge in [-0.25, -0.2) is 0 Å². The molecule has 0 amide bonds. The maximum absolute atomic E-state index is 11.1. The Morgan fingerprint density at radius 3 is 2.50 bits per heavy atom. The minimum absolute atomic E-state index is 0.283. The number of carboxylic acids is 1. The molecule has 0 radical (unpaired) electrons. The number of hydrogen-bond donors (Lipinski definition) is 2. The molecule has 2 N–H and O–H groups in total. The fourth-order valence-corrected chi connectivity index (χ4v) is 0.868. The third-order valence-corrected chi connectivity index (χ3v) is 1.72. The summed E-state index contributed by atoms with van der Waals surface area (Å²) in [4.78, 5) is 21.4. The van der Waals surface area contributed by atoms with Crippen LogP contribution in [-0.2, 0) is 14.3 Å². The van der Waals surface area contributed by atoms with Crippen molar-refractivity contribution < 1.29 is 24.5 Å². The molecule has 0 aliphatic heterocycles. The van der Waals surface area contributed by atoms with E-state index in [4.69, 9.17) is 14.9 Å². The summed E-state index contributed by atoms with van der Waals surface area (Å²) >= 11 is 0. The van der Waals surface area contributed by atoms with E-state index in [1.807, 2.05) is 6.92 Å². The highest BCUT2D eigenvalue weighted by molar-refractivity contribution is 5.79. The number of aliphatic hydroxyl groups excluding tert-OH is 1. The molecule has 5 heteroatoms. The lowest BCUT2D eigenvalue weighted by Gasteiger charge is -2.10. The summed E-state index contributed by atoms with van der Waals surface area (Å²) in [6.07, 6.45) is 1.26. The highest BCUT2D eigenvalue weighted by Crippen LogP contribution is 2.05. The summed E-state index contributed by atoms with van der Waals surface area (Å²) in [5.41, 5.74) is 0. The summed E-state index contributed by atoms with van der Waals surface area (Å²) in [7, 11) is 0. The second-order valence-electron chi connectivity index (χ2n) is 3.00. The van der Waals surface area contributed by atoms with E-state index in [2.05, 4.69) is 0 Å². The van der Waals surface area contributed by atoms with Crippen molar-refractivity contribution in [3.63, 3.8) is 0 Å². The second kappa shape index (κ2) is 7.32. The molecule has 82 valence electrons. The molecule has 5 nitrogen and oxygen atoms in total. The molecule has 0 fully saturated rings. The predicted octanol–water partition coefficient (Wildman–Crippen LogP) is 0.413. The van der Waals surface area contributed by atoms with Crippen molar-refractivity contribution in [2.24, 2.45) is 5.92 Å². The monoisotopic (exact) mass is 204 g/mol. The predicted molar refractivity (Wildman–Crippen MR) is 48.7 cm³/mol. The van der Waals surface area contributed by atoms with Crippen LogP contribution < -0.4 is 0 Å². The van der Waals surface area contributed by atoms with Gasteiger partial charge < -0.3 is 14.9 Å². The summed E-state index contributed by atoms with van der Waals surface area (Å²) in [6.45, 7) is 1.75. The van der Waals surface area contributed by atoms with Crippen LogP contribution in [-0.4, -0.2) is 35.4 Å². The molecule has 0 heterocycles. The van der Waals surface area contributed by atoms with Crippen LogP contribution in [0, 0.1) is 5.92 Å². The Bertz CT molecular complexity index is 190. The summed E-state index contributed by atoms with van der Waals surface area (Å²) in [5, 5.41) is 17.2. The number of unbranched alkanes of at least 4 members (excludes halogenated alkanes) is 1. The SMILES string of the molecule is CCCCOC(=O)C(CO)CC(=O)O. The lowest BCUT2D eigenvalue weighted by atomic mass is 10.1. The van der Waals surface area contributed by atoms with E-state index in [0.29, 0.717) is 0 Å². The largest absolute Gasteiger partial charge is 0.481 e. The second-order valence-corrected chi connectivity index (χ2v) is 3.00. The molecule has 0 aromatic heterocycles. The van der Waals surface area contributed by atoms with E-state index in [1.54, 1.807) is 0 Å². The van der Waals surface area contributed by atoms with Crippen LogP contribution in [0.3, 0.4) is 0 Å². The Labute approximate surface area is 82.7 Å². The third-order valence-electron chi connectivity index (χ3n) is 1.72. The molecule has 0 bridgehead atoms. The van der Waals surface area contributed by atoms with Crippen LogP contribution in [0.25, 0.3) is 0 Å². The number of hydrogen-bond acceptors (Lipinski definition) is 4. The van der Waals surface area contributed by atoms with Gasteiger partial charge in [-0.2, -0.15) is 0 Å². The van der Waals surface area contributed by atoms with Crippen molar-refractivity contribution >= 4 is 11.9 Å². The van der Waals surface area contributed by atoms with Gasteiger partial charge in [-0.15, -0.1) is 0 Å². The van der Waals surface area contributed by atoms with E-state index >= 15 is 0 Å². The minimum Gasteiger partial charge on any atom is -0.481 e. The van der Waals surface area contributed by atoms with E-state index < -0.39 is 24.5 Å². The molecule has 0 aromatic carbocycles. The van der Waals surface area contributed by atoms with Crippen molar-refractivity contribution in [3.05, 3.63) is 0 Å². The van der Waals surface area contributed by atoms with E-state index in [-0.39, 0.29) is 13.0 Å². The van der Waals surface area contributed by atoms with Gasteiger partial charge in [-0.05, 0) is 6.42 Å². The fourth-order valence-electron chi connectivity index (χ4n) is 0.868. The molecule has 0 saturated carbocycles. The number of carboxylic acid groups (broad SMARTS) is 1. The maximum atomic E-state index is 11.1. The van der Waals surface area contributed by atoms with Gasteiger partial charge in [0, 0.05) is 0 Å². The van der Waals surface area contributed by atoms with Crippen molar-refractivity contribution in [1.29, 1.82) is 0 Å². The number of aliphatic carboxylic acids is 1. The summed E-state index contributed by atoms with van der Waals surface area (Å²) in [5.74, 6) is -2.69. The molecule has 0 spiro atoms. The highest BCUT2D eigenvalue weighted by atomic mass is 16.5. The van der Waals surface area contributed by atoms with Gasteiger partial charge in [0.15, 0.2) is 0 Å². The number of ether oxygens (including phenoxy) is 1. The van der Waals surface area contributed by atoms with Crippen LogP contribution in [0.2, 0.25) is 0 Å². The zero-order valence-corrected chi connectivity index (χ0v) is 8.23. The molecule has 0 saturated heterocycles. The van der Waals surface area contributed by atoms with Gasteiger partial charge >= 0.3 is 11.9 Å². The Morgan fingerprint density at radius 1 is 1.43 bits per heavy atom. The van der Waals surface area contributed by atoms with E-state index in [0.717, 1.165) is 12.8 Å². The lowest BCUT2D eigenvalue weighted by Crippen LogP contribution is -2.24. The van der Waals surface area contributed by atoms with Gasteiger partial charge in [0.1, 0.15) is 0 Å². The van der Waals surface area contributed by atoms with Gasteiger partial charge in [0.05, 0.1) is 25.6 Å². The normalized spacial score (nSPS) is 12.1. The first-order valence-electron chi connectivity index (χ1n) is 4.61. The van der Waals surface area contributed by atoms with Gasteiger partial charge in [-0.3, -0.25) is 9.59 Å². The Morgan fingerprint density at radius 2 is 2.07 bits per heavy atom. The van der Waals surface area contributed by atoms with E-state index in [9.17, 15) is 9.59 Å². The molecule has 1 atom stereocenters. The first-order valence-corrected chi connectivity index (χ1v) is 4.61. The van der Waals surface area contributed by atoms with E-state index in [1.165, 1.54) is 0 Å².